The summed E-state index contributed by atoms with van der Waals surface area (Å²) in [7, 11) is 0. The van der Waals surface area contributed by atoms with E-state index in [1.165, 1.54) is 0 Å². The van der Waals surface area contributed by atoms with E-state index in [0.29, 0.717) is 0 Å². The van der Waals surface area contributed by atoms with Crippen molar-refractivity contribution in [3.8, 4) is 5.75 Å². The molecule has 1 rings (SSSR count). The van der Waals surface area contributed by atoms with Crippen molar-refractivity contribution in [3.63, 3.8) is 0 Å². The zero-order valence-electron chi connectivity index (χ0n) is 6.90. The van der Waals surface area contributed by atoms with E-state index in [0.717, 1.165) is 33.1 Å². The van der Waals surface area contributed by atoms with Gasteiger partial charge < -0.3 is 4.74 Å². The van der Waals surface area contributed by atoms with Crippen LogP contribution in [0.1, 0.15) is 6.42 Å². The third kappa shape index (κ3) is 4.00. The molecule has 0 aliphatic rings. The van der Waals surface area contributed by atoms with Gasteiger partial charge in [0.1, 0.15) is 5.75 Å². The molecular formula is C9H9Br3O. The molecule has 0 aliphatic heterocycles. The molecule has 0 bridgehead atoms. The van der Waals surface area contributed by atoms with E-state index < -0.39 is 0 Å². The largest absolute Gasteiger partial charge is 0.492 e. The molecule has 0 atom stereocenters. The maximum Gasteiger partial charge on any atom is 0.133 e. The van der Waals surface area contributed by atoms with Crippen molar-refractivity contribution >= 4 is 47.8 Å². The van der Waals surface area contributed by atoms with Gasteiger partial charge in [-0.3, -0.25) is 0 Å². The van der Waals surface area contributed by atoms with Crippen LogP contribution in [-0.4, -0.2) is 11.9 Å². The molecule has 0 aromatic heterocycles. The Morgan fingerprint density at radius 1 is 1.23 bits per heavy atom. The van der Waals surface area contributed by atoms with Crippen molar-refractivity contribution in [1.29, 1.82) is 0 Å². The van der Waals surface area contributed by atoms with E-state index in [2.05, 4.69) is 47.8 Å². The highest BCUT2D eigenvalue weighted by molar-refractivity contribution is 9.11. The van der Waals surface area contributed by atoms with E-state index in [4.69, 9.17) is 4.74 Å². The van der Waals surface area contributed by atoms with E-state index in [-0.39, 0.29) is 0 Å². The highest BCUT2D eigenvalue weighted by Gasteiger charge is 2.00. The highest BCUT2D eigenvalue weighted by Crippen LogP contribution is 2.28. The Morgan fingerprint density at radius 3 is 2.62 bits per heavy atom. The molecule has 0 amide bonds. The monoisotopic (exact) mass is 370 g/mol. The SMILES string of the molecule is BrCCCOc1ccc(Br)cc1Br. The van der Waals surface area contributed by atoms with Gasteiger partial charge in [0.15, 0.2) is 0 Å². The van der Waals surface area contributed by atoms with Gasteiger partial charge in [0, 0.05) is 9.80 Å². The van der Waals surface area contributed by atoms with Crippen molar-refractivity contribution in [2.45, 2.75) is 6.42 Å². The summed E-state index contributed by atoms with van der Waals surface area (Å²) in [6, 6.07) is 5.89. The normalized spacial score (nSPS) is 10.1. The summed E-state index contributed by atoms with van der Waals surface area (Å²) in [5.74, 6) is 0.893. The third-order valence-electron chi connectivity index (χ3n) is 1.43. The second-order valence-corrected chi connectivity index (χ2v) is 5.03. The van der Waals surface area contributed by atoms with E-state index in [9.17, 15) is 0 Å². The molecule has 0 N–H and O–H groups in total. The van der Waals surface area contributed by atoms with Crippen molar-refractivity contribution < 1.29 is 4.74 Å². The number of ether oxygens (including phenoxy) is 1. The second-order valence-electron chi connectivity index (χ2n) is 2.47. The second kappa shape index (κ2) is 6.04. The smallest absolute Gasteiger partial charge is 0.133 e. The van der Waals surface area contributed by atoms with Gasteiger partial charge in [-0.15, -0.1) is 0 Å². The quantitative estimate of drug-likeness (QED) is 0.563. The molecule has 0 unspecified atom stereocenters. The summed E-state index contributed by atoms with van der Waals surface area (Å²) in [6.45, 7) is 0.742. The summed E-state index contributed by atoms with van der Waals surface area (Å²) in [6.07, 6.45) is 1.02. The minimum Gasteiger partial charge on any atom is -0.492 e. The minimum atomic E-state index is 0.742. The summed E-state index contributed by atoms with van der Waals surface area (Å²) in [5, 5.41) is 0.973. The zero-order chi connectivity index (χ0) is 9.68. The van der Waals surface area contributed by atoms with Gasteiger partial charge >= 0.3 is 0 Å². The Bertz CT molecular complexity index is 276. The Hall–Kier alpha value is 0.460. The van der Waals surface area contributed by atoms with E-state index in [1.807, 2.05) is 18.2 Å². The molecule has 1 nitrogen and oxygen atoms in total. The first kappa shape index (κ1) is 11.5. The maximum atomic E-state index is 5.53. The molecule has 1 aromatic rings. The van der Waals surface area contributed by atoms with Gasteiger partial charge in [-0.05, 0) is 40.5 Å². The molecule has 4 heteroatoms. The van der Waals surface area contributed by atoms with Gasteiger partial charge in [0.05, 0.1) is 11.1 Å². The highest BCUT2D eigenvalue weighted by atomic mass is 79.9. The van der Waals surface area contributed by atoms with Gasteiger partial charge in [0.2, 0.25) is 0 Å². The van der Waals surface area contributed by atoms with Crippen molar-refractivity contribution in [3.05, 3.63) is 27.1 Å². The predicted octanol–water partition coefficient (Wildman–Crippen LogP) is 4.38. The van der Waals surface area contributed by atoms with Crippen LogP contribution in [0.4, 0.5) is 0 Å². The summed E-state index contributed by atoms with van der Waals surface area (Å²) >= 11 is 10.2. The molecule has 1 aromatic carbocycles. The van der Waals surface area contributed by atoms with Crippen LogP contribution in [0, 0.1) is 0 Å². The number of hydrogen-bond acceptors (Lipinski definition) is 1. The Morgan fingerprint density at radius 2 is 2.00 bits per heavy atom. The Labute approximate surface area is 103 Å². The Balaban J connectivity index is 2.56. The minimum absolute atomic E-state index is 0.742. The third-order valence-corrected chi connectivity index (χ3v) is 3.10. The first-order chi connectivity index (χ1) is 6.24. The molecular weight excluding hydrogens is 364 g/mol. The molecule has 0 heterocycles. The molecule has 13 heavy (non-hydrogen) atoms. The molecule has 0 aliphatic carbocycles. The van der Waals surface area contributed by atoms with Crippen LogP contribution in [-0.2, 0) is 0 Å². The van der Waals surface area contributed by atoms with Crippen LogP contribution in [0.2, 0.25) is 0 Å². The lowest BCUT2D eigenvalue weighted by Crippen LogP contribution is -1.97. The molecule has 72 valence electrons. The number of halogens is 3. The lowest BCUT2D eigenvalue weighted by Gasteiger charge is -2.06. The average molecular weight is 373 g/mol. The fourth-order valence-electron chi connectivity index (χ4n) is 0.829. The molecule has 0 saturated heterocycles. The van der Waals surface area contributed by atoms with Crippen LogP contribution < -0.4 is 4.74 Å². The lowest BCUT2D eigenvalue weighted by molar-refractivity contribution is 0.317. The molecule has 0 saturated carbocycles. The van der Waals surface area contributed by atoms with E-state index in [1.54, 1.807) is 0 Å². The fourth-order valence-corrected chi connectivity index (χ4v) is 2.22. The zero-order valence-corrected chi connectivity index (χ0v) is 11.7. The number of alkyl halides is 1. The van der Waals surface area contributed by atoms with Crippen LogP contribution in [0.15, 0.2) is 27.1 Å². The lowest BCUT2D eigenvalue weighted by atomic mass is 10.3. The van der Waals surface area contributed by atoms with Crippen LogP contribution >= 0.6 is 47.8 Å². The molecule has 0 fully saturated rings. The molecule has 0 spiro atoms. The van der Waals surface area contributed by atoms with Crippen molar-refractivity contribution in [1.82, 2.24) is 0 Å². The number of rotatable bonds is 4. The van der Waals surface area contributed by atoms with Crippen LogP contribution in [0.5, 0.6) is 5.75 Å². The maximum absolute atomic E-state index is 5.53. The summed E-state index contributed by atoms with van der Waals surface area (Å²) < 4.78 is 7.57. The van der Waals surface area contributed by atoms with E-state index >= 15 is 0 Å². The summed E-state index contributed by atoms with van der Waals surface area (Å²) in [4.78, 5) is 0. The van der Waals surface area contributed by atoms with Gasteiger partial charge in [-0.25, -0.2) is 0 Å². The van der Waals surface area contributed by atoms with Crippen molar-refractivity contribution in [2.75, 3.05) is 11.9 Å². The number of hydrogen-bond donors (Lipinski definition) is 0. The molecule has 0 radical (unpaired) electrons. The first-order valence-electron chi connectivity index (χ1n) is 3.88. The predicted molar refractivity (Wildman–Crippen MR) is 65.7 cm³/mol. The number of benzene rings is 1. The van der Waals surface area contributed by atoms with Gasteiger partial charge in [0.25, 0.3) is 0 Å². The standard InChI is InChI=1S/C9H9Br3O/c10-4-1-5-13-9-3-2-7(11)6-8(9)12/h2-3,6H,1,4-5H2. The first-order valence-corrected chi connectivity index (χ1v) is 6.58. The summed E-state index contributed by atoms with van der Waals surface area (Å²) in [5.41, 5.74) is 0. The van der Waals surface area contributed by atoms with Gasteiger partial charge in [-0.1, -0.05) is 31.9 Å². The van der Waals surface area contributed by atoms with Crippen LogP contribution in [0.25, 0.3) is 0 Å². The van der Waals surface area contributed by atoms with Gasteiger partial charge in [-0.2, -0.15) is 0 Å². The Kier molecular flexibility index (Phi) is 5.36. The topological polar surface area (TPSA) is 9.23 Å². The van der Waals surface area contributed by atoms with Crippen LogP contribution in [0.3, 0.4) is 0 Å². The van der Waals surface area contributed by atoms with Crippen molar-refractivity contribution in [2.24, 2.45) is 0 Å². The fraction of sp³-hybridized carbons (Fsp3) is 0.333. The average Bonchev–Trinajstić information content (AvgIpc) is 2.09.